The molecule has 4 heteroatoms. The van der Waals surface area contributed by atoms with Crippen molar-refractivity contribution in [2.75, 3.05) is 13.2 Å². The predicted octanol–water partition coefficient (Wildman–Crippen LogP) is 4.40. The quantitative estimate of drug-likeness (QED) is 0.376. The highest BCUT2D eigenvalue weighted by Crippen LogP contribution is 2.04. The molecule has 0 unspecified atom stereocenters. The van der Waals surface area contributed by atoms with Crippen molar-refractivity contribution >= 4 is 18.0 Å². The maximum Gasteiger partial charge on any atom is 0.571 e. The summed E-state index contributed by atoms with van der Waals surface area (Å²) in [5.74, 6) is 0. The SMILES string of the molecule is CCCCCCOB(Cl)OCCCCCC. The molecule has 2 nitrogen and oxygen atoms in total. The minimum atomic E-state index is -0.553. The van der Waals surface area contributed by atoms with Crippen LogP contribution in [0.15, 0.2) is 0 Å². The number of halogens is 1. The lowest BCUT2D eigenvalue weighted by Gasteiger charge is -2.08. The molecule has 0 aliphatic heterocycles. The Hall–Kier alpha value is 0.275. The Morgan fingerprint density at radius 3 is 1.56 bits per heavy atom. The minimum absolute atomic E-state index is 0.553. The van der Waals surface area contributed by atoms with Crippen molar-refractivity contribution in [1.29, 1.82) is 0 Å². The van der Waals surface area contributed by atoms with Crippen LogP contribution in [-0.4, -0.2) is 19.7 Å². The normalized spacial score (nSPS) is 10.7. The molecule has 0 rings (SSSR count). The van der Waals surface area contributed by atoms with Gasteiger partial charge >= 0.3 is 6.53 Å². The summed E-state index contributed by atoms with van der Waals surface area (Å²) in [6, 6.07) is 0. The lowest BCUT2D eigenvalue weighted by Crippen LogP contribution is -2.17. The summed E-state index contributed by atoms with van der Waals surface area (Å²) in [5.41, 5.74) is 0. The first kappa shape index (κ1) is 16.3. The van der Waals surface area contributed by atoms with Gasteiger partial charge in [0.25, 0.3) is 0 Å². The predicted molar refractivity (Wildman–Crippen MR) is 71.8 cm³/mol. The molecule has 0 heterocycles. The monoisotopic (exact) mass is 248 g/mol. The molecule has 0 aliphatic carbocycles. The molecule has 0 bridgehead atoms. The molecule has 0 amide bonds. The van der Waals surface area contributed by atoms with Crippen molar-refractivity contribution in [3.8, 4) is 0 Å². The lowest BCUT2D eigenvalue weighted by molar-refractivity contribution is 0.205. The molecule has 16 heavy (non-hydrogen) atoms. The van der Waals surface area contributed by atoms with Gasteiger partial charge in [-0.25, -0.2) is 0 Å². The van der Waals surface area contributed by atoms with Crippen molar-refractivity contribution in [3.63, 3.8) is 0 Å². The van der Waals surface area contributed by atoms with Gasteiger partial charge in [-0.05, 0) is 12.8 Å². The first-order chi connectivity index (χ1) is 7.81. The van der Waals surface area contributed by atoms with Crippen molar-refractivity contribution in [1.82, 2.24) is 0 Å². The van der Waals surface area contributed by atoms with E-state index in [1.165, 1.54) is 38.5 Å². The van der Waals surface area contributed by atoms with Crippen molar-refractivity contribution in [2.24, 2.45) is 0 Å². The van der Waals surface area contributed by atoms with Gasteiger partial charge < -0.3 is 9.31 Å². The Kier molecular flexibility index (Phi) is 13.6. The largest absolute Gasteiger partial charge is 0.571 e. The Bertz CT molecular complexity index is 122. The smallest absolute Gasteiger partial charge is 0.398 e. The third-order valence-electron chi connectivity index (χ3n) is 2.49. The second kappa shape index (κ2) is 13.3. The van der Waals surface area contributed by atoms with Gasteiger partial charge in [-0.2, -0.15) is 0 Å². The summed E-state index contributed by atoms with van der Waals surface area (Å²) in [7, 11) is 0. The van der Waals surface area contributed by atoms with Gasteiger partial charge in [0.2, 0.25) is 0 Å². The highest BCUT2D eigenvalue weighted by atomic mass is 35.5. The highest BCUT2D eigenvalue weighted by molar-refractivity contribution is 6.99. The van der Waals surface area contributed by atoms with Crippen molar-refractivity contribution in [2.45, 2.75) is 65.2 Å². The summed E-state index contributed by atoms with van der Waals surface area (Å²) in [6.07, 6.45) is 9.64. The fourth-order valence-electron chi connectivity index (χ4n) is 1.46. The van der Waals surface area contributed by atoms with Crippen LogP contribution in [0.3, 0.4) is 0 Å². The fraction of sp³-hybridized carbons (Fsp3) is 1.00. The number of unbranched alkanes of at least 4 members (excludes halogenated alkanes) is 6. The maximum atomic E-state index is 5.86. The van der Waals surface area contributed by atoms with E-state index in [4.69, 9.17) is 20.8 Å². The van der Waals surface area contributed by atoms with Gasteiger partial charge in [-0.1, -0.05) is 52.4 Å². The Morgan fingerprint density at radius 2 is 1.19 bits per heavy atom. The summed E-state index contributed by atoms with van der Waals surface area (Å²) in [5, 5.41) is 0. The second-order valence-corrected chi connectivity index (χ2v) is 4.49. The number of rotatable bonds is 12. The van der Waals surface area contributed by atoms with Gasteiger partial charge in [0, 0.05) is 13.2 Å². The first-order valence-electron chi connectivity index (χ1n) is 6.68. The Balaban J connectivity index is 3.09. The van der Waals surface area contributed by atoms with Crippen LogP contribution in [0.5, 0.6) is 0 Å². The standard InChI is InChI=1S/C12H26BClO2/c1-3-5-7-9-11-15-13(14)16-12-10-8-6-4-2/h3-12H2,1-2H3. The van der Waals surface area contributed by atoms with E-state index in [0.29, 0.717) is 13.2 Å². The molecule has 0 radical (unpaired) electrons. The molecule has 0 spiro atoms. The van der Waals surface area contributed by atoms with E-state index in [2.05, 4.69) is 13.8 Å². The molecule has 0 N–H and O–H groups in total. The van der Waals surface area contributed by atoms with Crippen LogP contribution in [0, 0.1) is 0 Å². The first-order valence-corrected chi connectivity index (χ1v) is 7.12. The van der Waals surface area contributed by atoms with Crippen LogP contribution in [0.2, 0.25) is 0 Å². The summed E-state index contributed by atoms with van der Waals surface area (Å²) < 4.78 is 10.7. The summed E-state index contributed by atoms with van der Waals surface area (Å²) >= 11 is 5.86. The Labute approximate surface area is 106 Å². The molecule has 0 aromatic heterocycles. The topological polar surface area (TPSA) is 18.5 Å². The van der Waals surface area contributed by atoms with Crippen LogP contribution >= 0.6 is 11.5 Å². The molecular weight excluding hydrogens is 222 g/mol. The zero-order valence-electron chi connectivity index (χ0n) is 10.8. The van der Waals surface area contributed by atoms with Crippen molar-refractivity contribution < 1.29 is 9.31 Å². The van der Waals surface area contributed by atoms with Gasteiger partial charge in [0.05, 0.1) is 0 Å². The average molecular weight is 249 g/mol. The molecule has 0 aliphatic rings. The van der Waals surface area contributed by atoms with E-state index in [9.17, 15) is 0 Å². The molecular formula is C12H26BClO2. The number of hydrogen-bond acceptors (Lipinski definition) is 2. The molecule has 0 saturated carbocycles. The van der Waals surface area contributed by atoms with Crippen LogP contribution in [-0.2, 0) is 9.31 Å². The maximum absolute atomic E-state index is 5.86. The van der Waals surface area contributed by atoms with Crippen LogP contribution in [0.4, 0.5) is 0 Å². The fourth-order valence-corrected chi connectivity index (χ4v) is 1.64. The zero-order valence-corrected chi connectivity index (χ0v) is 11.6. The minimum Gasteiger partial charge on any atom is -0.398 e. The van der Waals surface area contributed by atoms with Gasteiger partial charge in [0.1, 0.15) is 0 Å². The van der Waals surface area contributed by atoms with E-state index in [0.717, 1.165) is 12.8 Å². The molecule has 96 valence electrons. The highest BCUT2D eigenvalue weighted by Gasteiger charge is 2.13. The summed E-state index contributed by atoms with van der Waals surface area (Å²) in [4.78, 5) is 0. The molecule has 0 aromatic carbocycles. The molecule has 0 fully saturated rings. The summed E-state index contributed by atoms with van der Waals surface area (Å²) in [6.45, 7) is 5.27. The average Bonchev–Trinajstić information content (AvgIpc) is 2.28. The third-order valence-corrected chi connectivity index (χ3v) is 2.75. The third kappa shape index (κ3) is 12.3. The van der Waals surface area contributed by atoms with Crippen LogP contribution in [0.1, 0.15) is 65.2 Å². The second-order valence-electron chi connectivity index (χ2n) is 4.14. The van der Waals surface area contributed by atoms with E-state index >= 15 is 0 Å². The van der Waals surface area contributed by atoms with Gasteiger partial charge in [-0.3, -0.25) is 0 Å². The van der Waals surface area contributed by atoms with Gasteiger partial charge in [0.15, 0.2) is 0 Å². The van der Waals surface area contributed by atoms with Crippen LogP contribution < -0.4 is 0 Å². The lowest BCUT2D eigenvalue weighted by atomic mass is 10.2. The van der Waals surface area contributed by atoms with E-state index in [1.807, 2.05) is 0 Å². The number of hydrogen-bond donors (Lipinski definition) is 0. The van der Waals surface area contributed by atoms with E-state index in [-0.39, 0.29) is 0 Å². The Morgan fingerprint density at radius 1 is 0.750 bits per heavy atom. The molecule has 0 aromatic rings. The van der Waals surface area contributed by atoms with E-state index in [1.54, 1.807) is 0 Å². The molecule has 0 saturated heterocycles. The molecule has 0 atom stereocenters. The van der Waals surface area contributed by atoms with Gasteiger partial charge in [-0.15, -0.1) is 11.5 Å². The zero-order chi connectivity index (χ0) is 12.1. The van der Waals surface area contributed by atoms with Crippen LogP contribution in [0.25, 0.3) is 0 Å². The van der Waals surface area contributed by atoms with E-state index < -0.39 is 6.53 Å². The van der Waals surface area contributed by atoms with Crippen molar-refractivity contribution in [3.05, 3.63) is 0 Å².